The molecule has 0 radical (unpaired) electrons. The average molecular weight is 702 g/mol. The van der Waals surface area contributed by atoms with Gasteiger partial charge in [-0.05, 0) is 71.6 Å². The second-order valence-electron chi connectivity index (χ2n) is 14.9. The van der Waals surface area contributed by atoms with Crippen LogP contribution in [0.3, 0.4) is 0 Å². The number of carbonyl (C=O) groups excluding carboxylic acids is 3. The molecule has 1 amide bonds. The summed E-state index contributed by atoms with van der Waals surface area (Å²) in [6.45, 7) is 10.6. The smallest absolute Gasteiger partial charge is 0.262 e. The third-order valence-corrected chi connectivity index (χ3v) is 10.3. The first kappa shape index (κ1) is 34.8. The molecule has 9 heteroatoms. The Hall–Kier alpha value is -4.07. The van der Waals surface area contributed by atoms with Crippen molar-refractivity contribution in [2.75, 3.05) is 19.0 Å². The van der Waals surface area contributed by atoms with Crippen LogP contribution in [0.25, 0.3) is 0 Å². The Labute approximate surface area is 298 Å². The summed E-state index contributed by atoms with van der Waals surface area (Å²) in [7, 11) is 1.50. The summed E-state index contributed by atoms with van der Waals surface area (Å²) in [5.74, 6) is -0.454. The highest BCUT2D eigenvalue weighted by atomic mass is 35.5. The van der Waals surface area contributed by atoms with Gasteiger partial charge in [0.15, 0.2) is 29.7 Å². The lowest BCUT2D eigenvalue weighted by Crippen LogP contribution is -2.44. The number of hydrogen-bond donors (Lipinski definition) is 1. The van der Waals surface area contributed by atoms with E-state index >= 15 is 0 Å². The minimum Gasteiger partial charge on any atom is -0.493 e. The number of halogens is 2. The van der Waals surface area contributed by atoms with Crippen LogP contribution >= 0.6 is 23.2 Å². The molecular formula is C40H42Cl2N2O5. The van der Waals surface area contributed by atoms with Crippen molar-refractivity contribution in [2.45, 2.75) is 72.8 Å². The number of benzene rings is 3. The van der Waals surface area contributed by atoms with Crippen LogP contribution in [0, 0.1) is 17.8 Å². The van der Waals surface area contributed by atoms with Gasteiger partial charge in [-0.3, -0.25) is 14.4 Å². The predicted molar refractivity (Wildman–Crippen MR) is 193 cm³/mol. The first-order valence-electron chi connectivity index (χ1n) is 16.6. The Morgan fingerprint density at radius 1 is 0.857 bits per heavy atom. The predicted octanol–water partition coefficient (Wildman–Crippen LogP) is 9.21. The largest absolute Gasteiger partial charge is 0.493 e. The molecule has 1 N–H and O–H groups in total. The number of aryl methyl sites for hydroxylation is 1. The van der Waals surface area contributed by atoms with Gasteiger partial charge in [0.25, 0.3) is 5.91 Å². The highest BCUT2D eigenvalue weighted by Gasteiger charge is 2.49. The van der Waals surface area contributed by atoms with Crippen LogP contribution < -0.4 is 14.8 Å². The van der Waals surface area contributed by atoms with Crippen molar-refractivity contribution >= 4 is 46.4 Å². The van der Waals surface area contributed by atoms with E-state index in [-0.39, 0.29) is 39.8 Å². The van der Waals surface area contributed by atoms with E-state index in [1.807, 2.05) is 31.2 Å². The molecule has 256 valence electrons. The van der Waals surface area contributed by atoms with E-state index in [2.05, 4.69) is 50.0 Å². The average Bonchev–Trinajstić information content (AvgIpc) is 3.02. The molecule has 6 rings (SSSR count). The maximum atomic E-state index is 14.2. The van der Waals surface area contributed by atoms with Gasteiger partial charge in [0.2, 0.25) is 0 Å². The number of amides is 1. The molecule has 0 fully saturated rings. The Morgan fingerprint density at radius 2 is 1.47 bits per heavy atom. The molecule has 2 aliphatic carbocycles. The first-order chi connectivity index (χ1) is 23.2. The number of hydrogen-bond acceptors (Lipinski definition) is 6. The van der Waals surface area contributed by atoms with E-state index in [0.29, 0.717) is 65.4 Å². The van der Waals surface area contributed by atoms with Crippen molar-refractivity contribution in [2.24, 2.45) is 10.8 Å². The monoisotopic (exact) mass is 700 g/mol. The quantitative estimate of drug-likeness (QED) is 0.252. The lowest BCUT2D eigenvalue weighted by Gasteiger charge is -2.49. The second kappa shape index (κ2) is 13.3. The molecule has 7 nitrogen and oxygen atoms in total. The number of carbonyl (C=O) groups is 3. The SMILES string of the molecule is COc1cc(C2C3=C(CC(C)(C)CC3=O)N(Cc3ccccc3)C3=C2C(=O)CC(C)(C)C3)cc(Cl)c1OCC(=O)Nc1ccc(C)c(Cl)c1. The molecule has 3 aromatic carbocycles. The summed E-state index contributed by atoms with van der Waals surface area (Å²) in [5.41, 5.74) is 5.93. The van der Waals surface area contributed by atoms with Gasteiger partial charge in [-0.25, -0.2) is 0 Å². The lowest BCUT2D eigenvalue weighted by molar-refractivity contribution is -0.120. The third kappa shape index (κ3) is 7.15. The molecule has 0 saturated carbocycles. The van der Waals surface area contributed by atoms with Crippen molar-refractivity contribution in [3.05, 3.63) is 110 Å². The van der Waals surface area contributed by atoms with Crippen LogP contribution in [0.2, 0.25) is 10.0 Å². The number of Topliss-reactive ketones (excluding diaryl/α,β-unsaturated/α-hetero) is 2. The van der Waals surface area contributed by atoms with E-state index in [9.17, 15) is 14.4 Å². The Morgan fingerprint density at radius 3 is 2.04 bits per heavy atom. The van der Waals surface area contributed by atoms with Crippen molar-refractivity contribution in [3.8, 4) is 11.5 Å². The van der Waals surface area contributed by atoms with E-state index in [4.69, 9.17) is 32.7 Å². The molecule has 0 unspecified atom stereocenters. The van der Waals surface area contributed by atoms with Gasteiger partial charge in [-0.1, -0.05) is 87.3 Å². The van der Waals surface area contributed by atoms with Crippen LogP contribution in [-0.4, -0.2) is 36.1 Å². The number of methoxy groups -OCH3 is 1. The van der Waals surface area contributed by atoms with Crippen molar-refractivity contribution < 1.29 is 23.9 Å². The minimum absolute atomic E-state index is 0.0294. The Bertz CT molecular complexity index is 1860. The van der Waals surface area contributed by atoms with Gasteiger partial charge in [0.1, 0.15) is 0 Å². The van der Waals surface area contributed by atoms with Gasteiger partial charge in [0.05, 0.1) is 12.1 Å². The molecule has 3 aromatic rings. The van der Waals surface area contributed by atoms with Crippen LogP contribution in [-0.2, 0) is 20.9 Å². The highest BCUT2D eigenvalue weighted by Crippen LogP contribution is 2.55. The molecule has 0 atom stereocenters. The number of anilines is 1. The minimum atomic E-state index is -0.612. The number of allylic oxidation sites excluding steroid dienone is 4. The third-order valence-electron chi connectivity index (χ3n) is 9.59. The number of ketones is 2. The Kier molecular flexibility index (Phi) is 9.46. The van der Waals surface area contributed by atoms with Gasteiger partial charge in [0, 0.05) is 58.6 Å². The first-order valence-corrected chi connectivity index (χ1v) is 17.3. The summed E-state index contributed by atoms with van der Waals surface area (Å²) in [4.78, 5) is 43.6. The maximum absolute atomic E-state index is 14.2. The van der Waals surface area contributed by atoms with Crippen molar-refractivity contribution in [1.82, 2.24) is 4.90 Å². The summed E-state index contributed by atoms with van der Waals surface area (Å²) in [5, 5.41) is 3.54. The normalized spacial score (nSPS) is 18.7. The van der Waals surface area contributed by atoms with Crippen LogP contribution in [0.4, 0.5) is 5.69 Å². The second-order valence-corrected chi connectivity index (χ2v) is 15.8. The molecule has 1 aliphatic heterocycles. The summed E-state index contributed by atoms with van der Waals surface area (Å²) in [6.07, 6.45) is 2.13. The maximum Gasteiger partial charge on any atom is 0.262 e. The molecular weight excluding hydrogens is 659 g/mol. The molecule has 1 heterocycles. The summed E-state index contributed by atoms with van der Waals surface area (Å²) >= 11 is 13.1. The summed E-state index contributed by atoms with van der Waals surface area (Å²) < 4.78 is 11.7. The molecule has 0 aromatic heterocycles. The van der Waals surface area contributed by atoms with E-state index < -0.39 is 11.8 Å². The lowest BCUT2D eigenvalue weighted by atomic mass is 9.63. The number of ether oxygens (including phenoxy) is 2. The van der Waals surface area contributed by atoms with Gasteiger partial charge < -0.3 is 19.7 Å². The molecule has 3 aliphatic rings. The van der Waals surface area contributed by atoms with E-state index in [0.717, 1.165) is 22.5 Å². The fourth-order valence-corrected chi connectivity index (χ4v) is 7.84. The van der Waals surface area contributed by atoms with Gasteiger partial charge in [-0.15, -0.1) is 0 Å². The number of rotatable bonds is 8. The fourth-order valence-electron chi connectivity index (χ4n) is 7.39. The molecule has 0 saturated heterocycles. The number of nitrogens with one attached hydrogen (secondary N) is 1. The zero-order valence-corrected chi connectivity index (χ0v) is 30.3. The van der Waals surface area contributed by atoms with Crippen molar-refractivity contribution in [3.63, 3.8) is 0 Å². The zero-order valence-electron chi connectivity index (χ0n) is 28.8. The molecule has 0 spiro atoms. The topological polar surface area (TPSA) is 84.9 Å². The van der Waals surface area contributed by atoms with E-state index in [1.54, 1.807) is 24.3 Å². The van der Waals surface area contributed by atoms with Gasteiger partial charge >= 0.3 is 0 Å². The van der Waals surface area contributed by atoms with E-state index in [1.165, 1.54) is 7.11 Å². The zero-order chi connectivity index (χ0) is 35.2. The fraction of sp³-hybridized carbons (Fsp3) is 0.375. The van der Waals surface area contributed by atoms with Crippen LogP contribution in [0.1, 0.15) is 76.0 Å². The molecule has 49 heavy (non-hydrogen) atoms. The summed E-state index contributed by atoms with van der Waals surface area (Å²) in [6, 6.07) is 19.0. The van der Waals surface area contributed by atoms with Crippen LogP contribution in [0.5, 0.6) is 11.5 Å². The van der Waals surface area contributed by atoms with Crippen molar-refractivity contribution in [1.29, 1.82) is 0 Å². The molecule has 0 bridgehead atoms. The standard InChI is InChI=1S/C40H42Cl2N2O5/c1-23-12-13-26(16-27(23)41)43-34(47)22-49-38-28(42)14-25(15-33(38)48-6)35-36-29(17-39(2,3)19-31(36)45)44(21-24-10-8-7-9-11-24)30-18-40(4,5)20-32(46)37(30)35/h7-16,35H,17-22H2,1-6H3,(H,43,47). The van der Waals surface area contributed by atoms with Gasteiger partial charge in [-0.2, -0.15) is 0 Å². The highest BCUT2D eigenvalue weighted by molar-refractivity contribution is 6.32. The Balaban J connectivity index is 1.41. The number of nitrogens with zero attached hydrogens (tertiary/aromatic N) is 1. The van der Waals surface area contributed by atoms with Crippen LogP contribution in [0.15, 0.2) is 83.2 Å².